The standard InChI is InChI=1S/C24H21N7O2S/c32-24(15-3-2-6-25-10-15)29-23(21-9-19-22(34-21)12-26-14-27-19)31-7-8-33-20(13-31)16-4-1-5-18-17(16)11-28-30-18/h1-6,9-12,14,20,23H,7-8,13H2,(H,28,30)(H,29,32). The predicted molar refractivity (Wildman–Crippen MR) is 128 cm³/mol. The number of ether oxygens (including phenoxy) is 1. The summed E-state index contributed by atoms with van der Waals surface area (Å²) in [5.74, 6) is -0.179. The first-order valence-electron chi connectivity index (χ1n) is 10.9. The van der Waals surface area contributed by atoms with Crippen LogP contribution in [0.2, 0.25) is 0 Å². The van der Waals surface area contributed by atoms with Gasteiger partial charge in [0.2, 0.25) is 0 Å². The van der Waals surface area contributed by atoms with Gasteiger partial charge in [-0.3, -0.25) is 19.8 Å². The minimum atomic E-state index is -0.346. The van der Waals surface area contributed by atoms with Crippen molar-refractivity contribution in [3.05, 3.63) is 83.5 Å². The van der Waals surface area contributed by atoms with Crippen LogP contribution in [0.1, 0.15) is 33.1 Å². The highest BCUT2D eigenvalue weighted by atomic mass is 32.1. The maximum Gasteiger partial charge on any atom is 0.254 e. The smallest absolute Gasteiger partial charge is 0.254 e. The number of rotatable bonds is 5. The van der Waals surface area contributed by atoms with Crippen molar-refractivity contribution in [2.45, 2.75) is 12.3 Å². The van der Waals surface area contributed by atoms with Gasteiger partial charge in [-0.1, -0.05) is 12.1 Å². The van der Waals surface area contributed by atoms with Crippen molar-refractivity contribution in [2.24, 2.45) is 0 Å². The summed E-state index contributed by atoms with van der Waals surface area (Å²) < 4.78 is 7.16. The molecule has 5 heterocycles. The highest BCUT2D eigenvalue weighted by Crippen LogP contribution is 2.35. The molecule has 9 nitrogen and oxygen atoms in total. The van der Waals surface area contributed by atoms with Crippen molar-refractivity contribution in [1.29, 1.82) is 0 Å². The number of carbonyl (C=O) groups is 1. The van der Waals surface area contributed by atoms with Crippen molar-refractivity contribution in [1.82, 2.24) is 35.4 Å². The number of pyridine rings is 1. The van der Waals surface area contributed by atoms with E-state index in [2.05, 4.69) is 41.4 Å². The fourth-order valence-electron chi connectivity index (χ4n) is 4.35. The van der Waals surface area contributed by atoms with E-state index in [0.717, 1.165) is 31.6 Å². The molecule has 2 N–H and O–H groups in total. The van der Waals surface area contributed by atoms with Crippen molar-refractivity contribution < 1.29 is 9.53 Å². The number of nitrogens with zero attached hydrogens (tertiary/aromatic N) is 5. The van der Waals surface area contributed by atoms with E-state index in [4.69, 9.17) is 4.74 Å². The fraction of sp³-hybridized carbons (Fsp3) is 0.208. The van der Waals surface area contributed by atoms with Gasteiger partial charge in [0.15, 0.2) is 0 Å². The maximum absolute atomic E-state index is 13.1. The van der Waals surface area contributed by atoms with Crippen molar-refractivity contribution in [3.8, 4) is 0 Å². The van der Waals surface area contributed by atoms with Crippen molar-refractivity contribution in [2.75, 3.05) is 19.7 Å². The van der Waals surface area contributed by atoms with Gasteiger partial charge in [-0.05, 0) is 29.8 Å². The van der Waals surface area contributed by atoms with Gasteiger partial charge < -0.3 is 10.1 Å². The molecule has 34 heavy (non-hydrogen) atoms. The normalized spacial score (nSPS) is 17.7. The van der Waals surface area contributed by atoms with Crippen LogP contribution in [0.5, 0.6) is 0 Å². The molecule has 1 fully saturated rings. The van der Waals surface area contributed by atoms with Crippen LogP contribution in [0.15, 0.2) is 67.5 Å². The van der Waals surface area contributed by atoms with Gasteiger partial charge in [0, 0.05) is 41.9 Å². The number of morpholine rings is 1. The van der Waals surface area contributed by atoms with Gasteiger partial charge in [-0.2, -0.15) is 5.10 Å². The average Bonchev–Trinajstić information content (AvgIpc) is 3.54. The minimum absolute atomic E-state index is 0.151. The average molecular weight is 472 g/mol. The second kappa shape index (κ2) is 8.90. The summed E-state index contributed by atoms with van der Waals surface area (Å²) in [7, 11) is 0. The number of amides is 1. The zero-order valence-corrected chi connectivity index (χ0v) is 18.9. The number of nitrogens with one attached hydrogen (secondary N) is 2. The molecule has 5 aromatic rings. The van der Waals surface area contributed by atoms with Crippen molar-refractivity contribution in [3.63, 3.8) is 0 Å². The van der Waals surface area contributed by atoms with Crippen LogP contribution >= 0.6 is 11.3 Å². The molecule has 1 aliphatic heterocycles. The number of benzene rings is 1. The second-order valence-corrected chi connectivity index (χ2v) is 9.19. The molecule has 0 spiro atoms. The molecule has 2 unspecified atom stereocenters. The molecule has 170 valence electrons. The number of hydrogen-bond acceptors (Lipinski definition) is 8. The highest BCUT2D eigenvalue weighted by Gasteiger charge is 2.31. The molecule has 0 bridgehead atoms. The van der Waals surface area contributed by atoms with Gasteiger partial charge in [-0.25, -0.2) is 9.97 Å². The van der Waals surface area contributed by atoms with Crippen LogP contribution < -0.4 is 5.32 Å². The van der Waals surface area contributed by atoms with E-state index in [9.17, 15) is 4.79 Å². The van der Waals surface area contributed by atoms with E-state index in [-0.39, 0.29) is 18.2 Å². The van der Waals surface area contributed by atoms with Crippen molar-refractivity contribution >= 4 is 38.4 Å². The van der Waals surface area contributed by atoms with E-state index in [1.807, 2.05) is 24.4 Å². The zero-order valence-electron chi connectivity index (χ0n) is 18.1. The zero-order chi connectivity index (χ0) is 22.9. The maximum atomic E-state index is 13.1. The summed E-state index contributed by atoms with van der Waals surface area (Å²) in [6, 6.07) is 11.6. The first-order valence-corrected chi connectivity index (χ1v) is 11.8. The summed E-state index contributed by atoms with van der Waals surface area (Å²) in [6.07, 6.45) is 7.91. The monoisotopic (exact) mass is 471 g/mol. The molecule has 1 aliphatic rings. The molecule has 0 aliphatic carbocycles. The second-order valence-electron chi connectivity index (χ2n) is 8.07. The predicted octanol–water partition coefficient (Wildman–Crippen LogP) is 3.46. The van der Waals surface area contributed by atoms with E-state index in [0.29, 0.717) is 25.3 Å². The lowest BCUT2D eigenvalue weighted by atomic mass is 10.0. The largest absolute Gasteiger partial charge is 0.371 e. The quantitative estimate of drug-likeness (QED) is 0.404. The fourth-order valence-corrected chi connectivity index (χ4v) is 5.42. The Morgan fingerprint density at radius 2 is 2.18 bits per heavy atom. The number of fused-ring (bicyclic) bond motifs is 2. The van der Waals surface area contributed by atoms with Crippen LogP contribution in [-0.4, -0.2) is 55.7 Å². The molecule has 1 aromatic carbocycles. The number of thiophene rings is 1. The molecular formula is C24H21N7O2S. The SMILES string of the molecule is O=C(NC(c1cc2ncncc2s1)N1CCOC(c2cccc3[nH]ncc23)C1)c1cccnc1. The summed E-state index contributed by atoms with van der Waals surface area (Å²) in [5, 5.41) is 11.5. The molecule has 0 saturated carbocycles. The molecular weight excluding hydrogens is 450 g/mol. The topological polar surface area (TPSA) is 109 Å². The molecule has 1 amide bonds. The van der Waals surface area contributed by atoms with Crippen LogP contribution in [-0.2, 0) is 4.74 Å². The Labute approximate surface area is 198 Å². The molecule has 2 atom stereocenters. The van der Waals surface area contributed by atoms with Crippen LogP contribution in [0.4, 0.5) is 0 Å². The van der Waals surface area contributed by atoms with Crippen LogP contribution in [0, 0.1) is 0 Å². The number of hydrogen-bond donors (Lipinski definition) is 2. The summed E-state index contributed by atoms with van der Waals surface area (Å²) in [4.78, 5) is 29.0. The Morgan fingerprint density at radius 3 is 3.06 bits per heavy atom. The van der Waals surface area contributed by atoms with Crippen LogP contribution in [0.25, 0.3) is 21.1 Å². The van der Waals surface area contributed by atoms with Gasteiger partial charge in [-0.15, -0.1) is 11.3 Å². The Kier molecular flexibility index (Phi) is 5.46. The molecule has 6 rings (SSSR count). The molecule has 10 heteroatoms. The minimum Gasteiger partial charge on any atom is -0.371 e. The third kappa shape index (κ3) is 3.92. The number of aromatic amines is 1. The van der Waals surface area contributed by atoms with E-state index in [1.165, 1.54) is 0 Å². The molecule has 1 saturated heterocycles. The lowest BCUT2D eigenvalue weighted by molar-refractivity contribution is -0.0484. The third-order valence-corrected chi connectivity index (χ3v) is 7.12. The summed E-state index contributed by atoms with van der Waals surface area (Å²) in [5.41, 5.74) is 3.43. The summed E-state index contributed by atoms with van der Waals surface area (Å²) >= 11 is 1.58. The Balaban J connectivity index is 1.34. The Hall–Kier alpha value is -3.73. The van der Waals surface area contributed by atoms with Crippen LogP contribution in [0.3, 0.4) is 0 Å². The summed E-state index contributed by atoms with van der Waals surface area (Å²) in [6.45, 7) is 1.83. The Morgan fingerprint density at radius 1 is 1.21 bits per heavy atom. The number of aromatic nitrogens is 5. The first kappa shape index (κ1) is 20.8. The van der Waals surface area contributed by atoms with E-state index < -0.39 is 0 Å². The number of H-pyrrole nitrogens is 1. The Bertz CT molecular complexity index is 1420. The van der Waals surface area contributed by atoms with E-state index >= 15 is 0 Å². The lowest BCUT2D eigenvalue weighted by Crippen LogP contribution is -2.47. The molecule has 4 aromatic heterocycles. The van der Waals surface area contributed by atoms with Gasteiger partial charge >= 0.3 is 0 Å². The number of carbonyl (C=O) groups excluding carboxylic acids is 1. The first-order chi connectivity index (χ1) is 16.8. The third-order valence-electron chi connectivity index (χ3n) is 6.00. The van der Waals surface area contributed by atoms with Gasteiger partial charge in [0.1, 0.15) is 12.5 Å². The molecule has 0 radical (unpaired) electrons. The van der Waals surface area contributed by atoms with Gasteiger partial charge in [0.25, 0.3) is 5.91 Å². The van der Waals surface area contributed by atoms with Gasteiger partial charge in [0.05, 0.1) is 40.2 Å². The lowest BCUT2D eigenvalue weighted by Gasteiger charge is -2.38. The highest BCUT2D eigenvalue weighted by molar-refractivity contribution is 7.19. The van der Waals surface area contributed by atoms with E-state index in [1.54, 1.807) is 48.4 Å².